The van der Waals surface area contributed by atoms with E-state index in [2.05, 4.69) is 24.0 Å². The molecule has 1 atom stereocenters. The van der Waals surface area contributed by atoms with Crippen LogP contribution in [-0.2, 0) is 24.1 Å². The minimum absolute atomic E-state index is 0.0998. The lowest BCUT2D eigenvalue weighted by Gasteiger charge is -2.31. The minimum Gasteiger partial charge on any atom is -0.464 e. The Hall–Kier alpha value is -3.48. The predicted octanol–water partition coefficient (Wildman–Crippen LogP) is 6.06. The third-order valence-electron chi connectivity index (χ3n) is 6.03. The standard InChI is InChI=1S/C28H22ClNO2/c1-30-26-12-8-20(4-2-3-19-6-10-25(29)11-7-19)15-23(26)18-24(28(30)31)16-21-5-9-22-13-14-32-27(22)17-21/h5-15,17,24H,3,16,18H2,1H3. The van der Waals surface area contributed by atoms with E-state index in [9.17, 15) is 4.79 Å². The van der Waals surface area contributed by atoms with Gasteiger partial charge in [0.25, 0.3) is 0 Å². The predicted molar refractivity (Wildman–Crippen MR) is 129 cm³/mol. The van der Waals surface area contributed by atoms with Crippen LogP contribution < -0.4 is 4.90 Å². The Morgan fingerprint density at radius 1 is 1.03 bits per heavy atom. The van der Waals surface area contributed by atoms with E-state index in [4.69, 9.17) is 16.0 Å². The summed E-state index contributed by atoms with van der Waals surface area (Å²) in [6, 6.07) is 22.0. The van der Waals surface area contributed by atoms with E-state index < -0.39 is 0 Å². The number of anilines is 1. The molecule has 0 spiro atoms. The van der Waals surface area contributed by atoms with Gasteiger partial charge in [-0.05, 0) is 72.0 Å². The normalized spacial score (nSPS) is 15.4. The summed E-state index contributed by atoms with van der Waals surface area (Å²) in [6.45, 7) is 0. The van der Waals surface area contributed by atoms with Crippen LogP contribution in [0, 0.1) is 17.8 Å². The molecular formula is C28H22ClNO2. The number of furan rings is 1. The van der Waals surface area contributed by atoms with Crippen molar-refractivity contribution in [3.63, 3.8) is 0 Å². The van der Waals surface area contributed by atoms with E-state index in [0.29, 0.717) is 19.3 Å². The van der Waals surface area contributed by atoms with Gasteiger partial charge in [-0.15, -0.1) is 0 Å². The van der Waals surface area contributed by atoms with Gasteiger partial charge in [0, 0.05) is 41.0 Å². The highest BCUT2D eigenvalue weighted by Gasteiger charge is 2.30. The maximum atomic E-state index is 13.0. The molecule has 3 nitrogen and oxygen atoms in total. The van der Waals surface area contributed by atoms with E-state index in [-0.39, 0.29) is 11.8 Å². The Bertz CT molecular complexity index is 1360. The number of hydrogen-bond donors (Lipinski definition) is 0. The number of carbonyl (C=O) groups excluding carboxylic acids is 1. The number of hydrogen-bond acceptors (Lipinski definition) is 2. The zero-order valence-corrected chi connectivity index (χ0v) is 18.5. The number of amides is 1. The van der Waals surface area contributed by atoms with E-state index in [1.54, 1.807) is 11.2 Å². The summed E-state index contributed by atoms with van der Waals surface area (Å²) in [5.74, 6) is 6.56. The molecule has 1 aliphatic heterocycles. The van der Waals surface area contributed by atoms with Gasteiger partial charge < -0.3 is 9.32 Å². The van der Waals surface area contributed by atoms with Crippen LogP contribution in [0.25, 0.3) is 11.0 Å². The van der Waals surface area contributed by atoms with Gasteiger partial charge in [-0.3, -0.25) is 4.79 Å². The molecule has 5 rings (SSSR count). The molecule has 0 aliphatic carbocycles. The van der Waals surface area contributed by atoms with Crippen LogP contribution in [0.5, 0.6) is 0 Å². The monoisotopic (exact) mass is 439 g/mol. The molecule has 32 heavy (non-hydrogen) atoms. The molecule has 4 aromatic rings. The topological polar surface area (TPSA) is 33.5 Å². The summed E-state index contributed by atoms with van der Waals surface area (Å²) in [5, 5.41) is 1.81. The van der Waals surface area contributed by atoms with Gasteiger partial charge >= 0.3 is 0 Å². The Kier molecular flexibility index (Phi) is 5.47. The highest BCUT2D eigenvalue weighted by Crippen LogP contribution is 2.32. The zero-order chi connectivity index (χ0) is 22.1. The summed E-state index contributed by atoms with van der Waals surface area (Å²) in [5.41, 5.74) is 6.21. The smallest absolute Gasteiger partial charge is 0.230 e. The van der Waals surface area contributed by atoms with Crippen molar-refractivity contribution in [3.8, 4) is 11.8 Å². The molecule has 2 heterocycles. The fraction of sp³-hybridized carbons (Fsp3) is 0.179. The number of carbonyl (C=O) groups is 1. The zero-order valence-electron chi connectivity index (χ0n) is 17.8. The maximum absolute atomic E-state index is 13.0. The Balaban J connectivity index is 1.35. The van der Waals surface area contributed by atoms with Gasteiger partial charge in [-0.1, -0.05) is 47.7 Å². The van der Waals surface area contributed by atoms with E-state index in [1.165, 1.54) is 0 Å². The highest BCUT2D eigenvalue weighted by molar-refractivity contribution is 6.30. The van der Waals surface area contributed by atoms with Crippen LogP contribution in [-0.4, -0.2) is 13.0 Å². The molecule has 3 aromatic carbocycles. The van der Waals surface area contributed by atoms with Crippen molar-refractivity contribution in [2.45, 2.75) is 19.3 Å². The minimum atomic E-state index is -0.0998. The van der Waals surface area contributed by atoms with Gasteiger partial charge in [0.15, 0.2) is 0 Å². The van der Waals surface area contributed by atoms with Crippen LogP contribution >= 0.6 is 11.6 Å². The van der Waals surface area contributed by atoms with Gasteiger partial charge in [0.05, 0.1) is 6.26 Å². The molecule has 1 aliphatic rings. The molecule has 4 heteroatoms. The summed E-state index contributed by atoms with van der Waals surface area (Å²) >= 11 is 5.95. The quantitative estimate of drug-likeness (QED) is 0.363. The van der Waals surface area contributed by atoms with Gasteiger partial charge in [-0.2, -0.15) is 0 Å². The lowest BCUT2D eigenvalue weighted by atomic mass is 9.86. The molecule has 1 amide bonds. The third-order valence-corrected chi connectivity index (χ3v) is 6.28. The molecule has 1 aromatic heterocycles. The second kappa shape index (κ2) is 8.57. The molecule has 0 radical (unpaired) electrons. The lowest BCUT2D eigenvalue weighted by molar-refractivity contribution is -0.122. The van der Waals surface area contributed by atoms with Gasteiger partial charge in [0.2, 0.25) is 5.91 Å². The van der Waals surface area contributed by atoms with Crippen LogP contribution in [0.2, 0.25) is 5.02 Å². The van der Waals surface area contributed by atoms with Crippen molar-refractivity contribution in [2.75, 3.05) is 11.9 Å². The molecular weight excluding hydrogens is 418 g/mol. The average Bonchev–Trinajstić information content (AvgIpc) is 3.26. The molecule has 0 N–H and O–H groups in total. The Morgan fingerprint density at radius 2 is 1.84 bits per heavy atom. The van der Waals surface area contributed by atoms with Crippen LogP contribution in [0.4, 0.5) is 5.69 Å². The first-order chi connectivity index (χ1) is 15.6. The number of nitrogens with zero attached hydrogens (tertiary/aromatic N) is 1. The molecule has 0 saturated carbocycles. The number of rotatable bonds is 3. The fourth-order valence-electron chi connectivity index (χ4n) is 4.32. The van der Waals surface area contributed by atoms with Gasteiger partial charge in [0.1, 0.15) is 5.58 Å². The van der Waals surface area contributed by atoms with E-state index in [0.717, 1.165) is 43.9 Å². The van der Waals surface area contributed by atoms with Crippen LogP contribution in [0.15, 0.2) is 77.4 Å². The fourth-order valence-corrected chi connectivity index (χ4v) is 4.45. The molecule has 158 valence electrons. The summed E-state index contributed by atoms with van der Waals surface area (Å²) in [4.78, 5) is 14.8. The first kappa shape index (κ1) is 20.4. The average molecular weight is 440 g/mol. The maximum Gasteiger partial charge on any atom is 0.230 e. The third kappa shape index (κ3) is 4.15. The van der Waals surface area contributed by atoms with Crippen molar-refractivity contribution < 1.29 is 9.21 Å². The molecule has 0 fully saturated rings. The Morgan fingerprint density at radius 3 is 2.69 bits per heavy atom. The van der Waals surface area contributed by atoms with Crippen molar-refractivity contribution in [3.05, 3.63) is 100 Å². The summed E-state index contributed by atoms with van der Waals surface area (Å²) in [7, 11) is 1.86. The summed E-state index contributed by atoms with van der Waals surface area (Å²) in [6.07, 6.45) is 3.76. The van der Waals surface area contributed by atoms with Gasteiger partial charge in [-0.25, -0.2) is 0 Å². The van der Waals surface area contributed by atoms with Crippen molar-refractivity contribution >= 4 is 34.2 Å². The second-order valence-electron chi connectivity index (χ2n) is 8.24. The largest absolute Gasteiger partial charge is 0.464 e. The molecule has 0 saturated heterocycles. The van der Waals surface area contributed by atoms with E-state index >= 15 is 0 Å². The van der Waals surface area contributed by atoms with Crippen LogP contribution in [0.1, 0.15) is 22.3 Å². The SMILES string of the molecule is CN1C(=O)C(Cc2ccc3ccoc3c2)Cc2cc(C#CCc3ccc(Cl)cc3)ccc21. The highest BCUT2D eigenvalue weighted by atomic mass is 35.5. The van der Waals surface area contributed by atoms with Crippen molar-refractivity contribution in [1.29, 1.82) is 0 Å². The van der Waals surface area contributed by atoms with Crippen LogP contribution in [0.3, 0.4) is 0 Å². The number of fused-ring (bicyclic) bond motifs is 2. The van der Waals surface area contributed by atoms with E-state index in [1.807, 2.05) is 61.6 Å². The summed E-state index contributed by atoms with van der Waals surface area (Å²) < 4.78 is 5.53. The van der Waals surface area contributed by atoms with Crippen molar-refractivity contribution in [1.82, 2.24) is 0 Å². The first-order valence-corrected chi connectivity index (χ1v) is 11.0. The Labute approximate surface area is 192 Å². The number of benzene rings is 3. The molecule has 1 unspecified atom stereocenters. The first-order valence-electron chi connectivity index (χ1n) is 10.7. The number of halogens is 1. The lowest BCUT2D eigenvalue weighted by Crippen LogP contribution is -2.39. The van der Waals surface area contributed by atoms with Crippen molar-refractivity contribution in [2.24, 2.45) is 5.92 Å². The second-order valence-corrected chi connectivity index (χ2v) is 8.68. The molecule has 0 bridgehead atoms.